The summed E-state index contributed by atoms with van der Waals surface area (Å²) in [7, 11) is 0. The molecule has 190 valence electrons. The summed E-state index contributed by atoms with van der Waals surface area (Å²) in [4.78, 5) is 42.9. The van der Waals surface area contributed by atoms with Gasteiger partial charge in [0.1, 0.15) is 11.6 Å². The number of ether oxygens (including phenoxy) is 1. The lowest BCUT2D eigenvalue weighted by Crippen LogP contribution is -2.57. The van der Waals surface area contributed by atoms with Crippen LogP contribution in [0.4, 0.5) is 5.69 Å². The van der Waals surface area contributed by atoms with Gasteiger partial charge in [0, 0.05) is 35.2 Å². The Bertz CT molecular complexity index is 991. The topological polar surface area (TPSA) is 107 Å². The first-order chi connectivity index (χ1) is 16.8. The summed E-state index contributed by atoms with van der Waals surface area (Å²) >= 11 is 9.60. The van der Waals surface area contributed by atoms with Crippen LogP contribution in [-0.4, -0.2) is 75.2 Å². The van der Waals surface area contributed by atoms with Crippen molar-refractivity contribution in [2.75, 3.05) is 24.6 Å². The van der Waals surface area contributed by atoms with Gasteiger partial charge in [-0.2, -0.15) is 0 Å². The van der Waals surface area contributed by atoms with Crippen LogP contribution in [0, 0.1) is 11.8 Å². The van der Waals surface area contributed by atoms with E-state index in [-0.39, 0.29) is 29.8 Å². The van der Waals surface area contributed by atoms with Crippen molar-refractivity contribution in [2.45, 2.75) is 54.7 Å². The van der Waals surface area contributed by atoms with Crippen molar-refractivity contribution >= 4 is 51.0 Å². The zero-order valence-corrected chi connectivity index (χ0v) is 21.7. The number of carbonyl (C=O) groups excluding carboxylic acids is 2. The lowest BCUT2D eigenvalue weighted by Gasteiger charge is -2.37. The molecule has 3 saturated heterocycles. The molecule has 10 heteroatoms. The van der Waals surface area contributed by atoms with Crippen molar-refractivity contribution in [2.24, 2.45) is 11.8 Å². The molecular formula is C25H30BrClN2O6. The Morgan fingerprint density at radius 1 is 1.26 bits per heavy atom. The molecule has 6 atom stereocenters. The van der Waals surface area contributed by atoms with Crippen LogP contribution in [0.25, 0.3) is 0 Å². The van der Waals surface area contributed by atoms with Crippen LogP contribution in [0.2, 0.25) is 5.02 Å². The number of hydrogen-bond acceptors (Lipinski definition) is 5. The van der Waals surface area contributed by atoms with Crippen molar-refractivity contribution in [3.05, 3.63) is 41.9 Å². The first-order valence-electron chi connectivity index (χ1n) is 11.9. The fourth-order valence-corrected chi connectivity index (χ4v) is 6.97. The monoisotopic (exact) mass is 568 g/mol. The van der Waals surface area contributed by atoms with E-state index < -0.39 is 35.6 Å². The number of amides is 2. The van der Waals surface area contributed by atoms with Gasteiger partial charge in [-0.15, -0.1) is 6.58 Å². The lowest BCUT2D eigenvalue weighted by molar-refractivity contribution is -0.149. The number of aliphatic hydroxyl groups is 1. The number of hydrogen-bond donors (Lipinski definition) is 2. The van der Waals surface area contributed by atoms with Crippen molar-refractivity contribution in [3.8, 4) is 0 Å². The highest BCUT2D eigenvalue weighted by molar-refractivity contribution is 9.09. The van der Waals surface area contributed by atoms with E-state index in [1.54, 1.807) is 35.2 Å². The Hall–Kier alpha value is -1.94. The number of unbranched alkanes of at least 4 members (excludes halogenated alkanes) is 3. The van der Waals surface area contributed by atoms with Crippen LogP contribution in [0.1, 0.15) is 32.1 Å². The molecule has 3 fully saturated rings. The van der Waals surface area contributed by atoms with Crippen molar-refractivity contribution in [1.82, 2.24) is 4.90 Å². The van der Waals surface area contributed by atoms with Gasteiger partial charge >= 0.3 is 5.97 Å². The number of halogens is 2. The van der Waals surface area contributed by atoms with Crippen LogP contribution >= 0.6 is 27.5 Å². The van der Waals surface area contributed by atoms with Crippen LogP contribution in [0.3, 0.4) is 0 Å². The maximum absolute atomic E-state index is 14.2. The third kappa shape index (κ3) is 4.52. The average molecular weight is 570 g/mol. The van der Waals surface area contributed by atoms with E-state index in [9.17, 15) is 19.5 Å². The Morgan fingerprint density at radius 3 is 2.57 bits per heavy atom. The number of rotatable bonds is 11. The normalized spacial score (nSPS) is 31.0. The van der Waals surface area contributed by atoms with Gasteiger partial charge in [0.05, 0.1) is 17.9 Å². The van der Waals surface area contributed by atoms with Crippen molar-refractivity contribution in [1.29, 1.82) is 0 Å². The molecule has 1 spiro atoms. The minimum absolute atomic E-state index is 0.106. The lowest BCUT2D eigenvalue weighted by atomic mass is 9.70. The van der Waals surface area contributed by atoms with Crippen LogP contribution < -0.4 is 4.90 Å². The fourth-order valence-electron chi connectivity index (χ4n) is 5.90. The molecule has 0 radical (unpaired) electrons. The highest BCUT2D eigenvalue weighted by Gasteiger charge is 2.76. The first kappa shape index (κ1) is 26.1. The van der Waals surface area contributed by atoms with E-state index >= 15 is 0 Å². The number of alkyl halides is 1. The fraction of sp³-hybridized carbons (Fsp3) is 0.560. The highest BCUT2D eigenvalue weighted by Crippen LogP contribution is 2.60. The first-order valence-corrected chi connectivity index (χ1v) is 13.2. The summed E-state index contributed by atoms with van der Waals surface area (Å²) in [5, 5.41) is 19.6. The molecule has 3 aliphatic rings. The second kappa shape index (κ2) is 10.6. The molecule has 35 heavy (non-hydrogen) atoms. The summed E-state index contributed by atoms with van der Waals surface area (Å²) in [5.41, 5.74) is -0.611. The molecule has 3 aliphatic heterocycles. The highest BCUT2D eigenvalue weighted by atomic mass is 79.9. The van der Waals surface area contributed by atoms with E-state index in [1.807, 2.05) is 0 Å². The smallest absolute Gasteiger partial charge is 0.310 e. The number of carboxylic acid groups (broad SMARTS) is 1. The average Bonchev–Trinajstić information content (AvgIpc) is 3.41. The van der Waals surface area contributed by atoms with Gasteiger partial charge in [-0.05, 0) is 43.5 Å². The minimum atomic E-state index is -1.22. The van der Waals surface area contributed by atoms with Gasteiger partial charge in [0.15, 0.2) is 0 Å². The molecule has 1 aromatic rings. The number of likely N-dealkylation sites (tertiary alicyclic amines) is 1. The van der Waals surface area contributed by atoms with Crippen molar-refractivity contribution < 1.29 is 29.3 Å². The van der Waals surface area contributed by atoms with Gasteiger partial charge in [0.25, 0.3) is 5.91 Å². The third-order valence-corrected chi connectivity index (χ3v) is 8.43. The predicted octanol–water partition coefficient (Wildman–Crippen LogP) is 3.24. The van der Waals surface area contributed by atoms with Crippen molar-refractivity contribution in [3.63, 3.8) is 0 Å². The van der Waals surface area contributed by atoms with Gasteiger partial charge in [-0.25, -0.2) is 0 Å². The molecule has 1 aromatic carbocycles. The van der Waals surface area contributed by atoms with Crippen LogP contribution in [0.15, 0.2) is 36.9 Å². The maximum atomic E-state index is 14.2. The van der Waals surface area contributed by atoms with E-state index in [0.29, 0.717) is 36.5 Å². The molecule has 0 aliphatic carbocycles. The molecule has 0 saturated carbocycles. The summed E-state index contributed by atoms with van der Waals surface area (Å²) < 4.78 is 6.31. The Labute approximate surface area is 218 Å². The van der Waals surface area contributed by atoms with E-state index in [1.165, 1.54) is 4.90 Å². The summed E-state index contributed by atoms with van der Waals surface area (Å²) in [6, 6.07) is 5.88. The molecule has 2 N–H and O–H groups in total. The standard InChI is InChI=1S/C25H30BrClN2O6/c1-2-11-28(16-9-7-15(27)8-10-16)23(32)21-25-14-17(26)20(35-25)18(24(33)34)19(25)22(31)29(21)12-5-3-4-6-13-30/h2,7-10,17-21,30H,1,3-6,11-14H2,(H,33,34)/t17?,18-,19+,20-,21-,25+/m0/s1. The predicted molar refractivity (Wildman–Crippen MR) is 135 cm³/mol. The molecule has 1 unspecified atom stereocenters. The summed E-state index contributed by atoms with van der Waals surface area (Å²) in [6.07, 6.45) is 4.20. The Morgan fingerprint density at radius 2 is 1.94 bits per heavy atom. The van der Waals surface area contributed by atoms with E-state index in [4.69, 9.17) is 21.4 Å². The molecule has 8 nitrogen and oxygen atoms in total. The Kier molecular flexibility index (Phi) is 7.90. The zero-order valence-electron chi connectivity index (χ0n) is 19.3. The second-order valence-electron chi connectivity index (χ2n) is 9.39. The summed E-state index contributed by atoms with van der Waals surface area (Å²) in [6.45, 7) is 4.42. The minimum Gasteiger partial charge on any atom is -0.481 e. The Balaban J connectivity index is 1.71. The van der Waals surface area contributed by atoms with Crippen LogP contribution in [-0.2, 0) is 19.1 Å². The van der Waals surface area contributed by atoms with Gasteiger partial charge < -0.3 is 24.7 Å². The number of fused-ring (bicyclic) bond motifs is 1. The number of nitrogens with zero attached hydrogens (tertiary/aromatic N) is 2. The maximum Gasteiger partial charge on any atom is 0.310 e. The zero-order chi connectivity index (χ0) is 25.3. The number of carbonyl (C=O) groups is 3. The van der Waals surface area contributed by atoms with Gasteiger partial charge in [0.2, 0.25) is 5.91 Å². The molecule has 2 amide bonds. The van der Waals surface area contributed by atoms with E-state index in [2.05, 4.69) is 22.5 Å². The molecule has 0 aromatic heterocycles. The van der Waals surface area contributed by atoms with Gasteiger partial charge in [-0.3, -0.25) is 14.4 Å². The number of anilines is 1. The second-order valence-corrected chi connectivity index (χ2v) is 11.0. The number of aliphatic carboxylic acids is 1. The number of carboxylic acids is 1. The quantitative estimate of drug-likeness (QED) is 0.241. The van der Waals surface area contributed by atoms with E-state index in [0.717, 1.165) is 12.8 Å². The van der Waals surface area contributed by atoms with Crippen LogP contribution in [0.5, 0.6) is 0 Å². The van der Waals surface area contributed by atoms with Gasteiger partial charge in [-0.1, -0.05) is 46.4 Å². The SMILES string of the molecule is C=CCN(C(=O)[C@@H]1N(CCCCCCO)C(=O)[C@H]2[C@H](C(=O)O)[C@H]3O[C@@]12CC3Br)c1ccc(Cl)cc1. The number of aliphatic hydroxyl groups excluding tert-OH is 1. The number of benzene rings is 1. The largest absolute Gasteiger partial charge is 0.481 e. The molecule has 4 rings (SSSR count). The molecular weight excluding hydrogens is 540 g/mol. The molecule has 3 heterocycles. The molecule has 2 bridgehead atoms. The third-order valence-electron chi connectivity index (χ3n) is 7.33. The summed E-state index contributed by atoms with van der Waals surface area (Å²) in [5.74, 6) is -3.69.